The summed E-state index contributed by atoms with van der Waals surface area (Å²) in [6.07, 6.45) is 25.3. The molecule has 0 aliphatic heterocycles. The molecular formula is C19H37. The largest absolute Gasteiger partial charge is 0.0885 e. The van der Waals surface area contributed by atoms with Gasteiger partial charge in [0.1, 0.15) is 0 Å². The molecule has 0 spiro atoms. The van der Waals surface area contributed by atoms with Crippen molar-refractivity contribution in [1.82, 2.24) is 0 Å². The van der Waals surface area contributed by atoms with Crippen molar-refractivity contribution in [3.05, 3.63) is 19.1 Å². The fourth-order valence-electron chi connectivity index (χ4n) is 2.42. The molecule has 0 bridgehead atoms. The lowest BCUT2D eigenvalue weighted by Crippen LogP contribution is -1.79. The van der Waals surface area contributed by atoms with Gasteiger partial charge in [-0.1, -0.05) is 96.6 Å². The highest BCUT2D eigenvalue weighted by Gasteiger charge is 1.90. The first-order valence-corrected chi connectivity index (χ1v) is 8.86. The molecule has 0 heteroatoms. The van der Waals surface area contributed by atoms with Crippen LogP contribution in [0.4, 0.5) is 0 Å². The average molecular weight is 266 g/mol. The average Bonchev–Trinajstić information content (AvgIpc) is 2.43. The Kier molecular flexibility index (Phi) is 17.5. The van der Waals surface area contributed by atoms with Crippen LogP contribution in [-0.2, 0) is 0 Å². The summed E-state index contributed by atoms with van der Waals surface area (Å²) in [4.78, 5) is 0. The highest BCUT2D eigenvalue weighted by atomic mass is 14.0. The van der Waals surface area contributed by atoms with E-state index in [0.29, 0.717) is 0 Å². The van der Waals surface area contributed by atoms with Gasteiger partial charge in [-0.3, -0.25) is 0 Å². The van der Waals surface area contributed by atoms with E-state index in [1.54, 1.807) is 0 Å². The normalized spacial score (nSPS) is 11.5. The first-order valence-electron chi connectivity index (χ1n) is 8.86. The molecule has 0 rings (SSSR count). The molecule has 0 saturated carbocycles. The smallest absolute Gasteiger partial charge is 0.0351 e. The fraction of sp³-hybridized carbons (Fsp3) is 0.842. The molecule has 0 aromatic carbocycles. The first kappa shape index (κ1) is 18.7. The van der Waals surface area contributed by atoms with Crippen LogP contribution in [0.1, 0.15) is 103 Å². The quantitative estimate of drug-likeness (QED) is 0.216. The number of hydrogen-bond acceptors (Lipinski definition) is 0. The molecule has 0 N–H and O–H groups in total. The van der Waals surface area contributed by atoms with Crippen molar-refractivity contribution >= 4 is 0 Å². The summed E-state index contributed by atoms with van der Waals surface area (Å²) in [5.74, 6) is 0. The summed E-state index contributed by atoms with van der Waals surface area (Å²) in [6, 6.07) is 0. The highest BCUT2D eigenvalue weighted by molar-refractivity contribution is 4.81. The van der Waals surface area contributed by atoms with E-state index in [0.717, 1.165) is 6.42 Å². The van der Waals surface area contributed by atoms with Gasteiger partial charge >= 0.3 is 0 Å². The maximum absolute atomic E-state index is 3.88. The molecule has 0 aromatic rings. The van der Waals surface area contributed by atoms with E-state index in [1.807, 2.05) is 0 Å². The van der Waals surface area contributed by atoms with Crippen molar-refractivity contribution in [2.75, 3.05) is 0 Å². The van der Waals surface area contributed by atoms with Gasteiger partial charge in [0.05, 0.1) is 0 Å². The third kappa shape index (κ3) is 17.7. The van der Waals surface area contributed by atoms with E-state index in [9.17, 15) is 0 Å². The maximum Gasteiger partial charge on any atom is -0.0351 e. The molecule has 0 heterocycles. The van der Waals surface area contributed by atoms with E-state index in [-0.39, 0.29) is 0 Å². The van der Waals surface area contributed by atoms with E-state index in [2.05, 4.69) is 26.0 Å². The van der Waals surface area contributed by atoms with Crippen LogP contribution in [-0.4, -0.2) is 0 Å². The van der Waals surface area contributed by atoms with Gasteiger partial charge in [-0.2, -0.15) is 0 Å². The lowest BCUT2D eigenvalue weighted by Gasteiger charge is -1.99. The van der Waals surface area contributed by atoms with Gasteiger partial charge in [-0.15, -0.1) is 0 Å². The van der Waals surface area contributed by atoms with E-state index in [4.69, 9.17) is 0 Å². The van der Waals surface area contributed by atoms with E-state index >= 15 is 0 Å². The number of allylic oxidation sites excluding steroid dienone is 2. The van der Waals surface area contributed by atoms with Gasteiger partial charge in [0, 0.05) is 0 Å². The summed E-state index contributed by atoms with van der Waals surface area (Å²) in [5, 5.41) is 0. The van der Waals surface area contributed by atoms with E-state index < -0.39 is 0 Å². The second kappa shape index (κ2) is 17.7. The minimum absolute atomic E-state index is 1.11. The molecule has 0 aliphatic carbocycles. The SMILES string of the molecule is [CH2]CCCCCCC/C=C/CCCCCCCCC. The summed E-state index contributed by atoms with van der Waals surface area (Å²) in [6.45, 7) is 6.16. The van der Waals surface area contributed by atoms with Crippen molar-refractivity contribution < 1.29 is 0 Å². The van der Waals surface area contributed by atoms with Crippen LogP contribution < -0.4 is 0 Å². The fourth-order valence-corrected chi connectivity index (χ4v) is 2.42. The number of hydrogen-bond donors (Lipinski definition) is 0. The molecule has 0 nitrogen and oxygen atoms in total. The molecular weight excluding hydrogens is 228 g/mol. The Balaban J connectivity index is 3.01. The number of unbranched alkanes of at least 4 members (excludes halogenated alkanes) is 13. The summed E-state index contributed by atoms with van der Waals surface area (Å²) < 4.78 is 0. The second-order valence-electron chi connectivity index (χ2n) is 5.79. The van der Waals surface area contributed by atoms with Crippen molar-refractivity contribution in [1.29, 1.82) is 0 Å². The standard InChI is InChI=1S/C19H37/c1-3-5-7-9-11-13-15-17-19-18-16-14-12-10-8-6-4-2/h17,19H,1,3-16,18H2,2H3/b19-17+. The van der Waals surface area contributed by atoms with Gasteiger partial charge in [0.2, 0.25) is 0 Å². The zero-order valence-corrected chi connectivity index (χ0v) is 13.5. The van der Waals surface area contributed by atoms with Crippen molar-refractivity contribution in [2.24, 2.45) is 0 Å². The highest BCUT2D eigenvalue weighted by Crippen LogP contribution is 2.10. The molecule has 0 saturated heterocycles. The summed E-state index contributed by atoms with van der Waals surface area (Å²) >= 11 is 0. The minimum atomic E-state index is 1.11. The van der Waals surface area contributed by atoms with Gasteiger partial charge < -0.3 is 0 Å². The molecule has 0 aromatic heterocycles. The molecule has 0 aliphatic rings. The van der Waals surface area contributed by atoms with Crippen LogP contribution in [0.25, 0.3) is 0 Å². The van der Waals surface area contributed by atoms with Crippen LogP contribution in [0.3, 0.4) is 0 Å². The van der Waals surface area contributed by atoms with E-state index in [1.165, 1.54) is 89.9 Å². The molecule has 19 heavy (non-hydrogen) atoms. The van der Waals surface area contributed by atoms with Crippen LogP contribution in [0.2, 0.25) is 0 Å². The maximum atomic E-state index is 3.88. The third-order valence-corrected chi connectivity index (χ3v) is 3.76. The van der Waals surface area contributed by atoms with Crippen LogP contribution in [0.15, 0.2) is 12.2 Å². The molecule has 1 radical (unpaired) electrons. The molecule has 0 fully saturated rings. The van der Waals surface area contributed by atoms with Crippen molar-refractivity contribution in [3.8, 4) is 0 Å². The predicted molar refractivity (Wildman–Crippen MR) is 89.4 cm³/mol. The van der Waals surface area contributed by atoms with Gasteiger partial charge in [-0.25, -0.2) is 0 Å². The van der Waals surface area contributed by atoms with Gasteiger partial charge in [0.25, 0.3) is 0 Å². The Morgan fingerprint density at radius 3 is 1.47 bits per heavy atom. The number of rotatable bonds is 15. The minimum Gasteiger partial charge on any atom is -0.0885 e. The predicted octanol–water partition coefficient (Wildman–Crippen LogP) is 7.25. The molecule has 0 unspecified atom stereocenters. The second-order valence-corrected chi connectivity index (χ2v) is 5.79. The Morgan fingerprint density at radius 1 is 0.579 bits per heavy atom. The molecule has 0 atom stereocenters. The first-order chi connectivity index (χ1) is 9.41. The van der Waals surface area contributed by atoms with Gasteiger partial charge in [-0.05, 0) is 25.7 Å². The van der Waals surface area contributed by atoms with Crippen molar-refractivity contribution in [3.63, 3.8) is 0 Å². The summed E-state index contributed by atoms with van der Waals surface area (Å²) in [7, 11) is 0. The van der Waals surface area contributed by atoms with Crippen molar-refractivity contribution in [2.45, 2.75) is 103 Å². The molecule has 113 valence electrons. The zero-order valence-electron chi connectivity index (χ0n) is 13.5. The molecule has 0 amide bonds. The Hall–Kier alpha value is -0.260. The third-order valence-electron chi connectivity index (χ3n) is 3.76. The Morgan fingerprint density at radius 2 is 1.00 bits per heavy atom. The topological polar surface area (TPSA) is 0 Å². The van der Waals surface area contributed by atoms with Crippen LogP contribution in [0.5, 0.6) is 0 Å². The Labute approximate surface area is 123 Å². The van der Waals surface area contributed by atoms with Crippen LogP contribution in [0, 0.1) is 6.92 Å². The summed E-state index contributed by atoms with van der Waals surface area (Å²) in [5.41, 5.74) is 0. The lowest BCUT2D eigenvalue weighted by atomic mass is 10.1. The Bertz CT molecular complexity index is 169. The zero-order chi connectivity index (χ0) is 14.0. The lowest BCUT2D eigenvalue weighted by molar-refractivity contribution is 0.591. The van der Waals surface area contributed by atoms with Crippen LogP contribution >= 0.6 is 0 Å². The van der Waals surface area contributed by atoms with Gasteiger partial charge in [0.15, 0.2) is 0 Å². The monoisotopic (exact) mass is 265 g/mol.